The Hall–Kier alpha value is -1.40. The Morgan fingerprint density at radius 3 is 2.94 bits per heavy atom. The predicted octanol–water partition coefficient (Wildman–Crippen LogP) is -0.210. The van der Waals surface area contributed by atoms with Gasteiger partial charge in [-0.1, -0.05) is 0 Å². The van der Waals surface area contributed by atoms with Crippen LogP contribution in [-0.4, -0.2) is 59.5 Å². The van der Waals surface area contributed by atoms with Gasteiger partial charge in [-0.25, -0.2) is 0 Å². The van der Waals surface area contributed by atoms with E-state index in [0.717, 1.165) is 18.8 Å². The van der Waals surface area contributed by atoms with Gasteiger partial charge in [-0.3, -0.25) is 9.48 Å². The maximum Gasteiger partial charge on any atom is 0.227 e. The van der Waals surface area contributed by atoms with E-state index >= 15 is 0 Å². The summed E-state index contributed by atoms with van der Waals surface area (Å²) in [5.74, 6) is 0.129. The van der Waals surface area contributed by atoms with Crippen molar-refractivity contribution in [2.24, 2.45) is 5.92 Å². The summed E-state index contributed by atoms with van der Waals surface area (Å²) in [6.45, 7) is 2.37. The van der Waals surface area contributed by atoms with Crippen LogP contribution in [0.15, 0.2) is 12.4 Å². The van der Waals surface area contributed by atoms with E-state index in [1.807, 2.05) is 25.0 Å². The SMILES string of the molecule is CN(C)CCn1cc(N2CC(CO)CC2=O)cn1. The molecular weight excluding hydrogens is 232 g/mol. The molecule has 1 aromatic rings. The molecule has 0 radical (unpaired) electrons. The zero-order valence-corrected chi connectivity index (χ0v) is 10.9. The first-order valence-electron chi connectivity index (χ1n) is 6.18. The average molecular weight is 252 g/mol. The van der Waals surface area contributed by atoms with Crippen LogP contribution in [0.1, 0.15) is 6.42 Å². The molecule has 0 bridgehead atoms. The number of aromatic nitrogens is 2. The van der Waals surface area contributed by atoms with Crippen molar-refractivity contribution in [2.45, 2.75) is 13.0 Å². The van der Waals surface area contributed by atoms with E-state index in [2.05, 4.69) is 10.00 Å². The molecule has 1 amide bonds. The summed E-state index contributed by atoms with van der Waals surface area (Å²) in [4.78, 5) is 15.6. The molecule has 0 spiro atoms. The smallest absolute Gasteiger partial charge is 0.227 e. The molecule has 1 saturated heterocycles. The fraction of sp³-hybridized carbons (Fsp3) is 0.667. The molecule has 18 heavy (non-hydrogen) atoms. The third kappa shape index (κ3) is 2.88. The van der Waals surface area contributed by atoms with Gasteiger partial charge in [0, 0.05) is 38.2 Å². The van der Waals surface area contributed by atoms with Crippen molar-refractivity contribution in [1.82, 2.24) is 14.7 Å². The monoisotopic (exact) mass is 252 g/mol. The lowest BCUT2D eigenvalue weighted by molar-refractivity contribution is -0.117. The minimum Gasteiger partial charge on any atom is -0.396 e. The van der Waals surface area contributed by atoms with Crippen LogP contribution >= 0.6 is 0 Å². The standard InChI is InChI=1S/C12H20N4O2/c1-14(2)3-4-15-8-11(6-13-15)16-7-10(9-17)5-12(16)18/h6,8,10,17H,3-5,7,9H2,1-2H3. The van der Waals surface area contributed by atoms with E-state index < -0.39 is 0 Å². The molecule has 2 rings (SSSR count). The van der Waals surface area contributed by atoms with Gasteiger partial charge in [0.05, 0.1) is 18.4 Å². The van der Waals surface area contributed by atoms with Gasteiger partial charge in [0.2, 0.25) is 5.91 Å². The van der Waals surface area contributed by atoms with Gasteiger partial charge in [-0.05, 0) is 14.1 Å². The number of anilines is 1. The number of rotatable bonds is 5. The van der Waals surface area contributed by atoms with Gasteiger partial charge in [0.1, 0.15) is 0 Å². The van der Waals surface area contributed by atoms with Gasteiger partial charge >= 0.3 is 0 Å². The summed E-state index contributed by atoms with van der Waals surface area (Å²) < 4.78 is 1.84. The lowest BCUT2D eigenvalue weighted by Gasteiger charge is -2.13. The number of hydrogen-bond acceptors (Lipinski definition) is 4. The molecule has 6 nitrogen and oxygen atoms in total. The number of carbonyl (C=O) groups is 1. The summed E-state index contributed by atoms with van der Waals surface area (Å²) in [5, 5.41) is 13.3. The first-order chi connectivity index (χ1) is 8.60. The summed E-state index contributed by atoms with van der Waals surface area (Å²) in [6, 6.07) is 0. The third-order valence-electron chi connectivity index (χ3n) is 3.17. The highest BCUT2D eigenvalue weighted by Gasteiger charge is 2.30. The Kier molecular flexibility index (Phi) is 3.98. The molecule has 0 aromatic carbocycles. The van der Waals surface area contributed by atoms with Crippen LogP contribution in [0.3, 0.4) is 0 Å². The van der Waals surface area contributed by atoms with E-state index in [-0.39, 0.29) is 18.4 Å². The van der Waals surface area contributed by atoms with E-state index in [0.29, 0.717) is 13.0 Å². The Morgan fingerprint density at radius 2 is 2.33 bits per heavy atom. The summed E-state index contributed by atoms with van der Waals surface area (Å²) in [6.07, 6.45) is 4.04. The molecule has 1 aromatic heterocycles. The number of likely N-dealkylation sites (N-methyl/N-ethyl adjacent to an activating group) is 1. The quantitative estimate of drug-likeness (QED) is 0.787. The molecule has 1 unspecified atom stereocenters. The lowest BCUT2D eigenvalue weighted by Crippen LogP contribution is -2.24. The van der Waals surface area contributed by atoms with Gasteiger partial charge < -0.3 is 14.9 Å². The topological polar surface area (TPSA) is 61.6 Å². The van der Waals surface area contributed by atoms with E-state index in [1.54, 1.807) is 11.1 Å². The van der Waals surface area contributed by atoms with Crippen LogP contribution in [0.4, 0.5) is 5.69 Å². The molecule has 1 fully saturated rings. The van der Waals surface area contributed by atoms with E-state index in [1.165, 1.54) is 0 Å². The third-order valence-corrected chi connectivity index (χ3v) is 3.17. The van der Waals surface area contributed by atoms with Gasteiger partial charge in [-0.2, -0.15) is 5.10 Å². The normalized spacial score (nSPS) is 20.1. The number of carbonyl (C=O) groups excluding carboxylic acids is 1. The highest BCUT2D eigenvalue weighted by Crippen LogP contribution is 2.24. The predicted molar refractivity (Wildman–Crippen MR) is 68.3 cm³/mol. The Bertz CT molecular complexity index is 416. The maximum absolute atomic E-state index is 11.8. The molecule has 6 heteroatoms. The summed E-state index contributed by atoms with van der Waals surface area (Å²) in [7, 11) is 4.03. The largest absolute Gasteiger partial charge is 0.396 e. The highest BCUT2D eigenvalue weighted by molar-refractivity contribution is 5.95. The molecular formula is C12H20N4O2. The van der Waals surface area contributed by atoms with Crippen LogP contribution in [0.2, 0.25) is 0 Å². The fourth-order valence-electron chi connectivity index (χ4n) is 2.07. The van der Waals surface area contributed by atoms with Crippen LogP contribution in [0.5, 0.6) is 0 Å². The molecule has 2 heterocycles. The van der Waals surface area contributed by atoms with Crippen molar-refractivity contribution >= 4 is 11.6 Å². The van der Waals surface area contributed by atoms with Crippen molar-refractivity contribution in [3.8, 4) is 0 Å². The van der Waals surface area contributed by atoms with Crippen molar-refractivity contribution in [2.75, 3.05) is 38.7 Å². The molecule has 100 valence electrons. The van der Waals surface area contributed by atoms with Crippen molar-refractivity contribution < 1.29 is 9.90 Å². The Labute approximate surface area is 107 Å². The molecule has 1 atom stereocenters. The maximum atomic E-state index is 11.8. The van der Waals surface area contributed by atoms with Crippen LogP contribution in [0.25, 0.3) is 0 Å². The minimum atomic E-state index is 0.0580. The van der Waals surface area contributed by atoms with Crippen molar-refractivity contribution in [1.29, 1.82) is 0 Å². The number of hydrogen-bond donors (Lipinski definition) is 1. The Balaban J connectivity index is 1.99. The average Bonchev–Trinajstić information content (AvgIpc) is 2.92. The van der Waals surface area contributed by atoms with E-state index in [9.17, 15) is 4.79 Å². The first-order valence-corrected chi connectivity index (χ1v) is 6.18. The molecule has 1 aliphatic heterocycles. The lowest BCUT2D eigenvalue weighted by atomic mass is 10.1. The Morgan fingerprint density at radius 1 is 1.56 bits per heavy atom. The summed E-state index contributed by atoms with van der Waals surface area (Å²) in [5.41, 5.74) is 0.828. The second kappa shape index (κ2) is 5.49. The van der Waals surface area contributed by atoms with Crippen molar-refractivity contribution in [3.63, 3.8) is 0 Å². The number of aliphatic hydroxyl groups is 1. The van der Waals surface area contributed by atoms with Crippen LogP contribution in [0, 0.1) is 5.92 Å². The van der Waals surface area contributed by atoms with E-state index in [4.69, 9.17) is 5.11 Å². The number of nitrogens with zero attached hydrogens (tertiary/aromatic N) is 4. The summed E-state index contributed by atoms with van der Waals surface area (Å²) >= 11 is 0. The number of aliphatic hydroxyl groups excluding tert-OH is 1. The van der Waals surface area contributed by atoms with Crippen LogP contribution < -0.4 is 4.90 Å². The van der Waals surface area contributed by atoms with Crippen LogP contribution in [-0.2, 0) is 11.3 Å². The highest BCUT2D eigenvalue weighted by atomic mass is 16.3. The van der Waals surface area contributed by atoms with Gasteiger partial charge in [0.15, 0.2) is 0 Å². The second-order valence-corrected chi connectivity index (χ2v) is 5.02. The molecule has 1 N–H and O–H groups in total. The van der Waals surface area contributed by atoms with Crippen molar-refractivity contribution in [3.05, 3.63) is 12.4 Å². The zero-order valence-electron chi connectivity index (χ0n) is 10.9. The second-order valence-electron chi connectivity index (χ2n) is 5.02. The molecule has 1 aliphatic rings. The van der Waals surface area contributed by atoms with Gasteiger partial charge in [0.25, 0.3) is 0 Å². The van der Waals surface area contributed by atoms with Gasteiger partial charge in [-0.15, -0.1) is 0 Å². The number of amides is 1. The molecule has 0 aliphatic carbocycles. The zero-order chi connectivity index (χ0) is 13.1. The minimum absolute atomic E-state index is 0.0580. The first kappa shape index (κ1) is 13.0. The fourth-order valence-corrected chi connectivity index (χ4v) is 2.07. The molecule has 0 saturated carbocycles.